The second kappa shape index (κ2) is 5.71. The van der Waals surface area contributed by atoms with Crippen LogP contribution in [0.15, 0.2) is 38.9 Å². The second-order valence-corrected chi connectivity index (χ2v) is 6.90. The minimum atomic E-state index is 0.494. The quantitative estimate of drug-likeness (QED) is 0.723. The lowest BCUT2D eigenvalue weighted by molar-refractivity contribution is 0.213. The molecule has 6 heteroatoms. The summed E-state index contributed by atoms with van der Waals surface area (Å²) in [6.07, 6.45) is 2.44. The molecule has 1 atom stereocenters. The van der Waals surface area contributed by atoms with Gasteiger partial charge in [0.15, 0.2) is 0 Å². The van der Waals surface area contributed by atoms with Crippen LogP contribution in [0.25, 0.3) is 10.7 Å². The molecule has 4 rings (SSSR count). The summed E-state index contributed by atoms with van der Waals surface area (Å²) in [7, 11) is 0. The van der Waals surface area contributed by atoms with Gasteiger partial charge in [0.25, 0.3) is 0 Å². The number of aromatic nitrogens is 2. The zero-order valence-electron chi connectivity index (χ0n) is 11.4. The molecular formula is C15H15N3OS2. The van der Waals surface area contributed by atoms with Gasteiger partial charge in [-0.1, -0.05) is 11.2 Å². The van der Waals surface area contributed by atoms with Gasteiger partial charge in [0.2, 0.25) is 11.7 Å². The largest absolute Gasteiger partial charge is 0.338 e. The van der Waals surface area contributed by atoms with Crippen molar-refractivity contribution in [2.75, 3.05) is 6.54 Å². The van der Waals surface area contributed by atoms with Crippen LogP contribution in [0, 0.1) is 0 Å². The molecule has 0 unspecified atom stereocenters. The Hall–Kier alpha value is -1.50. The average molecular weight is 317 g/mol. The van der Waals surface area contributed by atoms with Gasteiger partial charge in [-0.3, -0.25) is 4.90 Å². The van der Waals surface area contributed by atoms with Crippen LogP contribution in [0.1, 0.15) is 30.3 Å². The van der Waals surface area contributed by atoms with Gasteiger partial charge in [0.1, 0.15) is 0 Å². The number of hydrogen-bond acceptors (Lipinski definition) is 6. The van der Waals surface area contributed by atoms with E-state index in [9.17, 15) is 0 Å². The molecule has 1 saturated heterocycles. The van der Waals surface area contributed by atoms with E-state index < -0.39 is 0 Å². The molecule has 0 spiro atoms. The van der Waals surface area contributed by atoms with Crippen molar-refractivity contribution in [2.45, 2.75) is 25.4 Å². The van der Waals surface area contributed by atoms with E-state index in [1.807, 2.05) is 17.5 Å². The summed E-state index contributed by atoms with van der Waals surface area (Å²) in [6.45, 7) is 1.83. The Balaban J connectivity index is 1.51. The van der Waals surface area contributed by atoms with Crippen LogP contribution in [0.5, 0.6) is 0 Å². The Labute approximate surface area is 131 Å². The lowest BCUT2D eigenvalue weighted by Crippen LogP contribution is -2.22. The number of nitrogens with zero attached hydrogens (tertiary/aromatic N) is 3. The topological polar surface area (TPSA) is 42.2 Å². The van der Waals surface area contributed by atoms with Crippen molar-refractivity contribution in [1.29, 1.82) is 0 Å². The first-order valence-electron chi connectivity index (χ1n) is 7.03. The molecule has 0 saturated carbocycles. The average Bonchev–Trinajstić information content (AvgIpc) is 3.28. The molecule has 4 heterocycles. The molecule has 0 radical (unpaired) electrons. The van der Waals surface area contributed by atoms with Gasteiger partial charge < -0.3 is 4.52 Å². The van der Waals surface area contributed by atoms with E-state index >= 15 is 0 Å². The van der Waals surface area contributed by atoms with Crippen LogP contribution in [0.3, 0.4) is 0 Å². The Bertz CT molecular complexity index is 690. The van der Waals surface area contributed by atoms with Crippen molar-refractivity contribution in [3.05, 3.63) is 45.8 Å². The number of thiophene rings is 2. The Morgan fingerprint density at radius 2 is 2.33 bits per heavy atom. The molecule has 0 aromatic carbocycles. The predicted octanol–water partition coefficient (Wildman–Crippen LogP) is 4.20. The number of rotatable bonds is 4. The Morgan fingerprint density at radius 1 is 1.33 bits per heavy atom. The van der Waals surface area contributed by atoms with Crippen molar-refractivity contribution in [3.63, 3.8) is 0 Å². The molecule has 1 aliphatic heterocycles. The first-order valence-corrected chi connectivity index (χ1v) is 8.85. The van der Waals surface area contributed by atoms with Crippen molar-refractivity contribution >= 4 is 22.7 Å². The molecule has 0 bridgehead atoms. The van der Waals surface area contributed by atoms with Gasteiger partial charge in [-0.2, -0.15) is 16.3 Å². The van der Waals surface area contributed by atoms with Crippen LogP contribution in [0.2, 0.25) is 0 Å². The summed E-state index contributed by atoms with van der Waals surface area (Å²) in [6, 6.07) is 6.73. The summed E-state index contributed by atoms with van der Waals surface area (Å²) >= 11 is 3.39. The molecule has 3 aromatic heterocycles. The van der Waals surface area contributed by atoms with E-state index in [2.05, 4.69) is 31.9 Å². The number of hydrogen-bond donors (Lipinski definition) is 0. The van der Waals surface area contributed by atoms with Crippen molar-refractivity contribution in [2.24, 2.45) is 0 Å². The smallest absolute Gasteiger partial charge is 0.241 e. The molecule has 0 aliphatic carbocycles. The van der Waals surface area contributed by atoms with Gasteiger partial charge in [-0.05, 0) is 53.2 Å². The van der Waals surface area contributed by atoms with Gasteiger partial charge in [0.05, 0.1) is 11.4 Å². The van der Waals surface area contributed by atoms with Gasteiger partial charge in [-0.25, -0.2) is 0 Å². The molecule has 0 N–H and O–H groups in total. The maximum Gasteiger partial charge on any atom is 0.241 e. The monoisotopic (exact) mass is 317 g/mol. The third-order valence-electron chi connectivity index (χ3n) is 3.84. The first kappa shape index (κ1) is 13.2. The highest BCUT2D eigenvalue weighted by Crippen LogP contribution is 2.34. The van der Waals surface area contributed by atoms with E-state index in [4.69, 9.17) is 4.52 Å². The number of likely N-dealkylation sites (tertiary alicyclic amines) is 1. The zero-order chi connectivity index (χ0) is 14.1. The van der Waals surface area contributed by atoms with E-state index in [0.29, 0.717) is 17.8 Å². The molecular weight excluding hydrogens is 302 g/mol. The van der Waals surface area contributed by atoms with Gasteiger partial charge in [-0.15, -0.1) is 11.3 Å². The third kappa shape index (κ3) is 2.66. The van der Waals surface area contributed by atoms with Crippen LogP contribution in [-0.2, 0) is 6.54 Å². The molecule has 3 aromatic rings. The fourth-order valence-electron chi connectivity index (χ4n) is 2.86. The van der Waals surface area contributed by atoms with Crippen LogP contribution in [-0.4, -0.2) is 21.6 Å². The lowest BCUT2D eigenvalue weighted by atomic mass is 10.1. The van der Waals surface area contributed by atoms with E-state index in [-0.39, 0.29) is 0 Å². The fourth-order valence-corrected chi connectivity index (χ4v) is 4.21. The first-order chi connectivity index (χ1) is 10.4. The minimum Gasteiger partial charge on any atom is -0.338 e. The highest BCUT2D eigenvalue weighted by atomic mass is 32.1. The normalized spacial score (nSPS) is 19.3. The maximum atomic E-state index is 5.42. The molecule has 108 valence electrons. The molecule has 1 aliphatic rings. The van der Waals surface area contributed by atoms with E-state index in [0.717, 1.165) is 18.0 Å². The summed E-state index contributed by atoms with van der Waals surface area (Å²) in [5, 5.41) is 10.5. The molecule has 21 heavy (non-hydrogen) atoms. The highest BCUT2D eigenvalue weighted by molar-refractivity contribution is 7.13. The fraction of sp³-hybridized carbons (Fsp3) is 0.333. The van der Waals surface area contributed by atoms with Crippen molar-refractivity contribution < 1.29 is 4.52 Å². The van der Waals surface area contributed by atoms with Crippen LogP contribution >= 0.6 is 22.7 Å². The third-order valence-corrected chi connectivity index (χ3v) is 5.41. The predicted molar refractivity (Wildman–Crippen MR) is 84.3 cm³/mol. The minimum absolute atomic E-state index is 0.494. The lowest BCUT2D eigenvalue weighted by Gasteiger charge is -2.21. The second-order valence-electron chi connectivity index (χ2n) is 5.17. The summed E-state index contributed by atoms with van der Waals surface area (Å²) in [4.78, 5) is 8.02. The van der Waals surface area contributed by atoms with E-state index in [1.54, 1.807) is 22.7 Å². The Morgan fingerprint density at radius 3 is 3.14 bits per heavy atom. The molecule has 1 fully saturated rings. The standard InChI is InChI=1S/C15H15N3OS2/c1-3-12(11-5-8-20-10-11)18(6-1)9-14-16-15(17-19-14)13-4-2-7-21-13/h2,4-5,7-8,10,12H,1,3,6,9H2/t12-/m0/s1. The molecule has 0 amide bonds. The van der Waals surface area contributed by atoms with Crippen molar-refractivity contribution in [1.82, 2.24) is 15.0 Å². The van der Waals surface area contributed by atoms with Crippen LogP contribution < -0.4 is 0 Å². The molecule has 4 nitrogen and oxygen atoms in total. The van der Waals surface area contributed by atoms with Gasteiger partial charge in [0, 0.05) is 6.04 Å². The maximum absolute atomic E-state index is 5.42. The SMILES string of the molecule is c1csc(-c2noc(CN3CCC[C@H]3c3ccsc3)n2)c1. The van der Waals surface area contributed by atoms with Gasteiger partial charge >= 0.3 is 0 Å². The Kier molecular flexibility index (Phi) is 3.58. The van der Waals surface area contributed by atoms with Crippen LogP contribution in [0.4, 0.5) is 0 Å². The van der Waals surface area contributed by atoms with Crippen molar-refractivity contribution in [3.8, 4) is 10.7 Å². The zero-order valence-corrected chi connectivity index (χ0v) is 13.1. The summed E-state index contributed by atoms with van der Waals surface area (Å²) in [5.74, 6) is 1.41. The summed E-state index contributed by atoms with van der Waals surface area (Å²) in [5.41, 5.74) is 1.41. The van der Waals surface area contributed by atoms with E-state index in [1.165, 1.54) is 18.4 Å². The highest BCUT2D eigenvalue weighted by Gasteiger charge is 2.27. The summed E-state index contributed by atoms with van der Waals surface area (Å²) < 4.78 is 5.42.